The fraction of sp³-hybridized carbons (Fsp3) is 0.611. The van der Waals surface area contributed by atoms with Crippen LogP contribution in [0.5, 0.6) is 0 Å². The fourth-order valence-electron chi connectivity index (χ4n) is 3.31. The lowest BCUT2D eigenvalue weighted by Gasteiger charge is -2.35. The van der Waals surface area contributed by atoms with E-state index in [1.54, 1.807) is 0 Å². The van der Waals surface area contributed by atoms with Crippen LogP contribution in [0.25, 0.3) is 11.3 Å². The summed E-state index contributed by atoms with van der Waals surface area (Å²) in [5.74, 6) is 0.703. The molecule has 1 aliphatic rings. The molecule has 1 fully saturated rings. The molecule has 0 aromatic carbocycles. The smallest absolute Gasteiger partial charge is 0.0916 e. The van der Waals surface area contributed by atoms with Gasteiger partial charge < -0.3 is 4.90 Å². The molecule has 1 saturated heterocycles. The van der Waals surface area contributed by atoms with Gasteiger partial charge in [0.15, 0.2) is 0 Å². The van der Waals surface area contributed by atoms with Crippen LogP contribution in [0, 0.1) is 5.92 Å². The number of hydrogen-bond donors (Lipinski definition) is 0. The highest BCUT2D eigenvalue weighted by Crippen LogP contribution is 2.22. The molecule has 0 spiro atoms. The van der Waals surface area contributed by atoms with Crippen LogP contribution >= 0.6 is 0 Å². The van der Waals surface area contributed by atoms with Gasteiger partial charge in [-0.25, -0.2) is 0 Å². The van der Waals surface area contributed by atoms with Crippen molar-refractivity contribution in [2.75, 3.05) is 13.1 Å². The molecule has 0 bridgehead atoms. The highest BCUT2D eigenvalue weighted by atomic mass is 15.3. The Bertz CT molecular complexity index is 617. The van der Waals surface area contributed by atoms with E-state index >= 15 is 0 Å². The molecule has 2 aromatic rings. The molecule has 0 amide bonds. The molecule has 3 rings (SSSR count). The van der Waals surface area contributed by atoms with Crippen molar-refractivity contribution in [3.63, 3.8) is 0 Å². The third-order valence-corrected chi connectivity index (χ3v) is 4.74. The van der Waals surface area contributed by atoms with Crippen LogP contribution in [0.2, 0.25) is 0 Å². The molecule has 23 heavy (non-hydrogen) atoms. The Labute approximate surface area is 138 Å². The molecule has 3 heterocycles. The van der Waals surface area contributed by atoms with Crippen LogP contribution in [-0.4, -0.2) is 43.8 Å². The van der Waals surface area contributed by atoms with Crippen molar-refractivity contribution in [1.82, 2.24) is 24.6 Å². The Morgan fingerprint density at radius 2 is 2.09 bits per heavy atom. The van der Waals surface area contributed by atoms with Crippen LogP contribution in [0.1, 0.15) is 39.3 Å². The quantitative estimate of drug-likeness (QED) is 0.851. The van der Waals surface area contributed by atoms with Gasteiger partial charge in [-0.1, -0.05) is 0 Å². The van der Waals surface area contributed by atoms with Gasteiger partial charge in [-0.15, -0.1) is 0 Å². The number of nitrogens with zero attached hydrogens (tertiary/aromatic N) is 5. The Balaban J connectivity index is 1.63. The number of rotatable bonds is 5. The number of hydrogen-bond acceptors (Lipinski definition) is 4. The maximum atomic E-state index is 4.64. The normalized spacial score (nSPS) is 19.4. The first kappa shape index (κ1) is 16.1. The van der Waals surface area contributed by atoms with E-state index in [1.165, 1.54) is 25.9 Å². The van der Waals surface area contributed by atoms with E-state index < -0.39 is 0 Å². The van der Waals surface area contributed by atoms with Crippen LogP contribution in [0.15, 0.2) is 24.8 Å². The molecule has 124 valence electrons. The first-order valence-corrected chi connectivity index (χ1v) is 8.73. The minimum absolute atomic E-state index is 0.640. The van der Waals surface area contributed by atoms with Gasteiger partial charge >= 0.3 is 0 Å². The van der Waals surface area contributed by atoms with Crippen LogP contribution < -0.4 is 0 Å². The Morgan fingerprint density at radius 3 is 2.74 bits per heavy atom. The van der Waals surface area contributed by atoms with E-state index in [9.17, 15) is 0 Å². The zero-order valence-corrected chi connectivity index (χ0v) is 14.4. The van der Waals surface area contributed by atoms with E-state index in [4.69, 9.17) is 0 Å². The third kappa shape index (κ3) is 3.96. The van der Waals surface area contributed by atoms with Crippen LogP contribution in [-0.2, 0) is 13.0 Å². The minimum atomic E-state index is 0.640. The number of aryl methyl sites for hydroxylation is 1. The van der Waals surface area contributed by atoms with Gasteiger partial charge in [-0.3, -0.25) is 14.6 Å². The van der Waals surface area contributed by atoms with Gasteiger partial charge in [0.1, 0.15) is 0 Å². The van der Waals surface area contributed by atoms with Crippen molar-refractivity contribution in [2.24, 2.45) is 5.92 Å². The second-order valence-electron chi connectivity index (χ2n) is 6.78. The molecule has 5 heteroatoms. The second-order valence-corrected chi connectivity index (χ2v) is 6.78. The SMILES string of the molecule is CCn1cc(-c2cnc(CC3CCCN(C(C)C)C3)cn2)cn1. The summed E-state index contributed by atoms with van der Waals surface area (Å²) in [6, 6.07) is 0.640. The van der Waals surface area contributed by atoms with Crippen molar-refractivity contribution in [2.45, 2.75) is 52.6 Å². The lowest BCUT2D eigenvalue weighted by atomic mass is 9.93. The second kappa shape index (κ2) is 7.21. The summed E-state index contributed by atoms with van der Waals surface area (Å²) in [4.78, 5) is 11.8. The predicted molar refractivity (Wildman–Crippen MR) is 92.1 cm³/mol. The summed E-state index contributed by atoms with van der Waals surface area (Å²) < 4.78 is 1.91. The highest BCUT2D eigenvalue weighted by Gasteiger charge is 2.22. The largest absolute Gasteiger partial charge is 0.301 e. The molecule has 1 unspecified atom stereocenters. The zero-order chi connectivity index (χ0) is 16.2. The maximum absolute atomic E-state index is 4.64. The van der Waals surface area contributed by atoms with Crippen molar-refractivity contribution < 1.29 is 0 Å². The monoisotopic (exact) mass is 313 g/mol. The first-order chi connectivity index (χ1) is 11.2. The first-order valence-electron chi connectivity index (χ1n) is 8.73. The molecule has 0 N–H and O–H groups in total. The topological polar surface area (TPSA) is 46.8 Å². The summed E-state index contributed by atoms with van der Waals surface area (Å²) >= 11 is 0. The van der Waals surface area contributed by atoms with E-state index in [0.29, 0.717) is 12.0 Å². The lowest BCUT2D eigenvalue weighted by molar-refractivity contribution is 0.139. The van der Waals surface area contributed by atoms with Crippen molar-refractivity contribution in [3.05, 3.63) is 30.5 Å². The van der Waals surface area contributed by atoms with Crippen LogP contribution in [0.4, 0.5) is 0 Å². The Kier molecular flexibility index (Phi) is 5.06. The van der Waals surface area contributed by atoms with Crippen molar-refractivity contribution in [3.8, 4) is 11.3 Å². The lowest BCUT2D eigenvalue weighted by Crippen LogP contribution is -2.40. The molecular weight excluding hydrogens is 286 g/mol. The van der Waals surface area contributed by atoms with Gasteiger partial charge in [0, 0.05) is 37.1 Å². The molecule has 0 radical (unpaired) electrons. The van der Waals surface area contributed by atoms with Gasteiger partial charge in [0.25, 0.3) is 0 Å². The van der Waals surface area contributed by atoms with E-state index in [-0.39, 0.29) is 0 Å². The standard InChI is InChI=1S/C18H27N5/c1-4-23-13-16(9-21-23)18-11-19-17(10-20-18)8-15-6-5-7-22(12-15)14(2)3/h9-11,13-15H,4-8,12H2,1-3H3. The van der Waals surface area contributed by atoms with Gasteiger partial charge in [0.2, 0.25) is 0 Å². The molecular formula is C18H27N5. The predicted octanol–water partition coefficient (Wildman–Crippen LogP) is 3.02. The number of piperidine rings is 1. The summed E-state index contributed by atoms with van der Waals surface area (Å²) in [5.41, 5.74) is 3.04. The zero-order valence-electron chi connectivity index (χ0n) is 14.4. The van der Waals surface area contributed by atoms with Gasteiger partial charge in [-0.05, 0) is 52.5 Å². The number of likely N-dealkylation sites (tertiary alicyclic amines) is 1. The molecule has 5 nitrogen and oxygen atoms in total. The van der Waals surface area contributed by atoms with Crippen molar-refractivity contribution >= 4 is 0 Å². The van der Waals surface area contributed by atoms with E-state index in [0.717, 1.165) is 29.9 Å². The van der Waals surface area contributed by atoms with Crippen LogP contribution in [0.3, 0.4) is 0 Å². The average Bonchev–Trinajstić information content (AvgIpc) is 3.05. The molecule has 0 aliphatic carbocycles. The van der Waals surface area contributed by atoms with E-state index in [1.807, 2.05) is 29.5 Å². The maximum Gasteiger partial charge on any atom is 0.0916 e. The summed E-state index contributed by atoms with van der Waals surface area (Å²) in [5, 5.41) is 4.30. The Morgan fingerprint density at radius 1 is 1.22 bits per heavy atom. The average molecular weight is 313 g/mol. The fourth-order valence-corrected chi connectivity index (χ4v) is 3.31. The summed E-state index contributed by atoms with van der Waals surface area (Å²) in [6.45, 7) is 9.95. The van der Waals surface area contributed by atoms with Gasteiger partial charge in [0.05, 0.1) is 23.8 Å². The van der Waals surface area contributed by atoms with E-state index in [2.05, 4.69) is 40.7 Å². The highest BCUT2D eigenvalue weighted by molar-refractivity contribution is 5.55. The summed E-state index contributed by atoms with van der Waals surface area (Å²) in [6.07, 6.45) is 11.3. The van der Waals surface area contributed by atoms with Crippen molar-refractivity contribution in [1.29, 1.82) is 0 Å². The van der Waals surface area contributed by atoms with Gasteiger partial charge in [-0.2, -0.15) is 5.10 Å². The third-order valence-electron chi connectivity index (χ3n) is 4.74. The number of aromatic nitrogens is 4. The Hall–Kier alpha value is -1.75. The molecule has 0 saturated carbocycles. The molecule has 1 aliphatic heterocycles. The minimum Gasteiger partial charge on any atom is -0.301 e. The molecule has 1 atom stereocenters. The summed E-state index contributed by atoms with van der Waals surface area (Å²) in [7, 11) is 0. The molecule has 2 aromatic heterocycles.